The maximum atomic E-state index is 12.6. The van der Waals surface area contributed by atoms with Gasteiger partial charge < -0.3 is 15.0 Å². The number of hydrogen-bond donors (Lipinski definition) is 2. The predicted molar refractivity (Wildman–Crippen MR) is 74.0 cm³/mol. The molecule has 0 saturated carbocycles. The topological polar surface area (TPSA) is 56.3 Å². The van der Waals surface area contributed by atoms with E-state index in [4.69, 9.17) is 0 Å². The number of aliphatic hydroxyl groups is 1. The third-order valence-electron chi connectivity index (χ3n) is 3.97. The minimum atomic E-state index is -0.285. The van der Waals surface area contributed by atoms with Crippen LogP contribution in [0.2, 0.25) is 0 Å². The van der Waals surface area contributed by atoms with E-state index in [0.29, 0.717) is 19.5 Å². The number of piperidine rings is 1. The molecule has 1 amide bonds. The van der Waals surface area contributed by atoms with E-state index in [2.05, 4.69) is 4.98 Å². The zero-order chi connectivity index (χ0) is 13.4. The van der Waals surface area contributed by atoms with Crippen LogP contribution in [0.25, 0.3) is 10.9 Å². The first-order chi connectivity index (χ1) is 9.16. The summed E-state index contributed by atoms with van der Waals surface area (Å²) in [5.41, 5.74) is 1.70. The molecule has 2 atom stereocenters. The summed E-state index contributed by atoms with van der Waals surface area (Å²) in [5, 5.41) is 10.7. The molecule has 2 heterocycles. The molecule has 2 N–H and O–H groups in total. The van der Waals surface area contributed by atoms with Crippen molar-refractivity contribution in [2.45, 2.75) is 19.4 Å². The molecule has 0 aliphatic carbocycles. The van der Waals surface area contributed by atoms with Crippen molar-refractivity contribution >= 4 is 16.8 Å². The summed E-state index contributed by atoms with van der Waals surface area (Å²) in [5.74, 6) is 0.194. The average molecular weight is 258 g/mol. The largest absolute Gasteiger partial charge is 0.393 e. The van der Waals surface area contributed by atoms with Crippen molar-refractivity contribution in [3.8, 4) is 0 Å². The van der Waals surface area contributed by atoms with Crippen molar-refractivity contribution in [2.24, 2.45) is 5.92 Å². The second-order valence-electron chi connectivity index (χ2n) is 5.33. The smallest absolute Gasteiger partial charge is 0.256 e. The molecular formula is C15H18N2O2. The van der Waals surface area contributed by atoms with Gasteiger partial charge in [-0.15, -0.1) is 0 Å². The number of fused-ring (bicyclic) bond motifs is 1. The number of aromatic nitrogens is 1. The molecule has 1 aliphatic rings. The van der Waals surface area contributed by atoms with Crippen LogP contribution in [0.4, 0.5) is 0 Å². The molecule has 3 rings (SSSR count). The van der Waals surface area contributed by atoms with Gasteiger partial charge in [0.05, 0.1) is 11.7 Å². The molecule has 1 aromatic carbocycles. The van der Waals surface area contributed by atoms with Crippen molar-refractivity contribution in [1.82, 2.24) is 9.88 Å². The number of nitrogens with one attached hydrogen (secondary N) is 1. The van der Waals surface area contributed by atoms with Gasteiger partial charge in [-0.2, -0.15) is 0 Å². The lowest BCUT2D eigenvalue weighted by Gasteiger charge is -2.34. The van der Waals surface area contributed by atoms with Gasteiger partial charge in [0.2, 0.25) is 0 Å². The molecule has 1 fully saturated rings. The number of hydrogen-bond acceptors (Lipinski definition) is 2. The van der Waals surface area contributed by atoms with Crippen LogP contribution in [0.15, 0.2) is 30.5 Å². The van der Waals surface area contributed by atoms with Crippen LogP contribution in [0, 0.1) is 5.92 Å². The average Bonchev–Trinajstić information content (AvgIpc) is 2.85. The lowest BCUT2D eigenvalue weighted by Crippen LogP contribution is -2.44. The monoisotopic (exact) mass is 258 g/mol. The number of amides is 1. The Morgan fingerprint density at radius 3 is 3.00 bits per heavy atom. The van der Waals surface area contributed by atoms with Gasteiger partial charge in [0, 0.05) is 30.2 Å². The van der Waals surface area contributed by atoms with Gasteiger partial charge in [-0.1, -0.05) is 25.1 Å². The number of aliphatic hydroxyl groups excluding tert-OH is 1. The second-order valence-corrected chi connectivity index (χ2v) is 5.33. The minimum absolute atomic E-state index is 0.0520. The Balaban J connectivity index is 1.88. The summed E-state index contributed by atoms with van der Waals surface area (Å²) in [4.78, 5) is 17.5. The number of benzene rings is 1. The van der Waals surface area contributed by atoms with E-state index in [1.165, 1.54) is 0 Å². The zero-order valence-corrected chi connectivity index (χ0v) is 11.0. The third kappa shape index (κ3) is 2.12. The van der Waals surface area contributed by atoms with E-state index >= 15 is 0 Å². The highest BCUT2D eigenvalue weighted by atomic mass is 16.3. The number of carbonyl (C=O) groups excluding carboxylic acids is 1. The number of aromatic amines is 1. The first kappa shape index (κ1) is 12.2. The number of likely N-dealkylation sites (tertiary alicyclic amines) is 1. The van der Waals surface area contributed by atoms with Crippen LogP contribution >= 0.6 is 0 Å². The van der Waals surface area contributed by atoms with Crippen LogP contribution in [-0.4, -0.2) is 40.1 Å². The van der Waals surface area contributed by atoms with Gasteiger partial charge in [0.25, 0.3) is 5.91 Å². The molecule has 0 bridgehead atoms. The SMILES string of the molecule is CC1CN(C(=O)c2c[nH]c3ccccc23)CCC1O. The number of rotatable bonds is 1. The number of carbonyl (C=O) groups is 1. The Morgan fingerprint density at radius 2 is 2.21 bits per heavy atom. The van der Waals surface area contributed by atoms with E-state index in [9.17, 15) is 9.90 Å². The van der Waals surface area contributed by atoms with Crippen molar-refractivity contribution in [1.29, 1.82) is 0 Å². The summed E-state index contributed by atoms with van der Waals surface area (Å²) in [7, 11) is 0. The molecule has 0 radical (unpaired) electrons. The molecule has 2 unspecified atom stereocenters. The normalized spacial score (nSPS) is 23.8. The number of H-pyrrole nitrogens is 1. The zero-order valence-electron chi connectivity index (χ0n) is 11.0. The fraction of sp³-hybridized carbons (Fsp3) is 0.400. The highest BCUT2D eigenvalue weighted by Gasteiger charge is 2.28. The summed E-state index contributed by atoms with van der Waals surface area (Å²) in [6, 6.07) is 7.82. The summed E-state index contributed by atoms with van der Waals surface area (Å²) < 4.78 is 0. The Hall–Kier alpha value is -1.81. The fourth-order valence-corrected chi connectivity index (χ4v) is 2.74. The quantitative estimate of drug-likeness (QED) is 0.822. The predicted octanol–water partition coefficient (Wildman–Crippen LogP) is 2.01. The van der Waals surface area contributed by atoms with Crippen molar-refractivity contribution in [3.05, 3.63) is 36.0 Å². The van der Waals surface area contributed by atoms with E-state index in [1.54, 1.807) is 6.20 Å². The summed E-state index contributed by atoms with van der Waals surface area (Å²) in [6.45, 7) is 3.24. The number of nitrogens with zero attached hydrogens (tertiary/aromatic N) is 1. The van der Waals surface area contributed by atoms with Crippen LogP contribution < -0.4 is 0 Å². The summed E-state index contributed by atoms with van der Waals surface area (Å²) >= 11 is 0. The van der Waals surface area contributed by atoms with Crippen LogP contribution in [-0.2, 0) is 0 Å². The Labute approximate surface area is 112 Å². The molecule has 19 heavy (non-hydrogen) atoms. The second kappa shape index (κ2) is 4.70. The molecule has 100 valence electrons. The first-order valence-corrected chi connectivity index (χ1v) is 6.70. The van der Waals surface area contributed by atoms with Crippen LogP contribution in [0.1, 0.15) is 23.7 Å². The lowest BCUT2D eigenvalue weighted by atomic mass is 9.96. The summed E-state index contributed by atoms with van der Waals surface area (Å²) in [6.07, 6.45) is 2.16. The van der Waals surface area contributed by atoms with Gasteiger partial charge >= 0.3 is 0 Å². The van der Waals surface area contributed by atoms with E-state index in [0.717, 1.165) is 16.5 Å². The maximum Gasteiger partial charge on any atom is 0.256 e. The molecule has 1 aromatic heterocycles. The van der Waals surface area contributed by atoms with E-state index < -0.39 is 0 Å². The Kier molecular flexibility index (Phi) is 3.03. The van der Waals surface area contributed by atoms with Gasteiger partial charge in [0.15, 0.2) is 0 Å². The highest BCUT2D eigenvalue weighted by Crippen LogP contribution is 2.23. The number of para-hydroxylation sites is 1. The van der Waals surface area contributed by atoms with E-state index in [-0.39, 0.29) is 17.9 Å². The molecule has 1 saturated heterocycles. The lowest BCUT2D eigenvalue weighted by molar-refractivity contribution is 0.0299. The third-order valence-corrected chi connectivity index (χ3v) is 3.97. The Morgan fingerprint density at radius 1 is 1.42 bits per heavy atom. The minimum Gasteiger partial charge on any atom is -0.393 e. The molecule has 4 heteroatoms. The van der Waals surface area contributed by atoms with E-state index in [1.807, 2.05) is 36.1 Å². The molecule has 0 spiro atoms. The molecule has 1 aliphatic heterocycles. The first-order valence-electron chi connectivity index (χ1n) is 6.70. The van der Waals surface area contributed by atoms with Gasteiger partial charge in [0.1, 0.15) is 0 Å². The highest BCUT2D eigenvalue weighted by molar-refractivity contribution is 6.06. The fourth-order valence-electron chi connectivity index (χ4n) is 2.74. The van der Waals surface area contributed by atoms with Crippen molar-refractivity contribution in [2.75, 3.05) is 13.1 Å². The van der Waals surface area contributed by atoms with Crippen molar-refractivity contribution in [3.63, 3.8) is 0 Å². The standard InChI is InChI=1S/C15H18N2O2/c1-10-9-17(7-6-14(10)18)15(19)12-8-16-13-5-3-2-4-11(12)13/h2-5,8,10,14,16,18H,6-7,9H2,1H3. The van der Waals surface area contributed by atoms with Gasteiger partial charge in [-0.3, -0.25) is 4.79 Å². The van der Waals surface area contributed by atoms with Crippen molar-refractivity contribution < 1.29 is 9.90 Å². The van der Waals surface area contributed by atoms with Gasteiger partial charge in [-0.25, -0.2) is 0 Å². The Bertz CT molecular complexity index is 605. The molecular weight excluding hydrogens is 240 g/mol. The van der Waals surface area contributed by atoms with Crippen LogP contribution in [0.3, 0.4) is 0 Å². The van der Waals surface area contributed by atoms with Gasteiger partial charge in [-0.05, 0) is 18.4 Å². The molecule has 2 aromatic rings. The van der Waals surface area contributed by atoms with Crippen LogP contribution in [0.5, 0.6) is 0 Å². The maximum absolute atomic E-state index is 12.6. The molecule has 4 nitrogen and oxygen atoms in total.